The first-order valence-corrected chi connectivity index (χ1v) is 15.2. The molecule has 0 aliphatic carbocycles. The van der Waals surface area contributed by atoms with Crippen LogP contribution in [0.1, 0.15) is 70.7 Å². The minimum Gasteiger partial charge on any atom is -0.455 e. The van der Waals surface area contributed by atoms with E-state index in [1.807, 2.05) is 57.3 Å². The van der Waals surface area contributed by atoms with Gasteiger partial charge in [-0.2, -0.15) is 0 Å². The number of fused-ring (bicyclic) bond motifs is 4. The molecule has 1 aromatic heterocycles. The van der Waals surface area contributed by atoms with E-state index < -0.39 is 36.1 Å². The summed E-state index contributed by atoms with van der Waals surface area (Å²) < 4.78 is 5.78. The molecule has 4 rings (SSSR count). The highest BCUT2D eigenvalue weighted by Gasteiger charge is 2.34. The number of ether oxygens (including phenoxy) is 1. The van der Waals surface area contributed by atoms with E-state index in [-0.39, 0.29) is 24.2 Å². The van der Waals surface area contributed by atoms with Gasteiger partial charge in [0.2, 0.25) is 11.8 Å². The summed E-state index contributed by atoms with van der Waals surface area (Å²) in [5.74, 6) is -1.68. The zero-order chi connectivity index (χ0) is 31.1. The fourth-order valence-corrected chi connectivity index (χ4v) is 5.21. The Morgan fingerprint density at radius 2 is 1.77 bits per heavy atom. The second-order valence-electron chi connectivity index (χ2n) is 11.8. The molecule has 0 radical (unpaired) electrons. The van der Waals surface area contributed by atoms with Gasteiger partial charge in [-0.1, -0.05) is 44.2 Å². The number of hydrogen-bond acceptors (Lipinski definition) is 8. The van der Waals surface area contributed by atoms with Crippen molar-refractivity contribution in [3.05, 3.63) is 47.7 Å². The minimum absolute atomic E-state index is 0.181. The van der Waals surface area contributed by atoms with Crippen molar-refractivity contribution in [2.24, 2.45) is 5.92 Å². The molecule has 3 heterocycles. The van der Waals surface area contributed by atoms with Crippen molar-refractivity contribution < 1.29 is 23.9 Å². The van der Waals surface area contributed by atoms with E-state index in [0.29, 0.717) is 31.6 Å². The van der Waals surface area contributed by atoms with E-state index in [1.165, 1.54) is 5.01 Å². The normalized spacial score (nSPS) is 26.5. The lowest BCUT2D eigenvalue weighted by molar-refractivity contribution is -0.157. The molecule has 0 spiro atoms. The van der Waals surface area contributed by atoms with Gasteiger partial charge >= 0.3 is 5.97 Å². The molecule has 1 saturated heterocycles. The van der Waals surface area contributed by atoms with E-state index in [2.05, 4.69) is 27.0 Å². The van der Waals surface area contributed by atoms with E-state index in [4.69, 9.17) is 9.72 Å². The molecule has 232 valence electrons. The fraction of sp³-hybridized carbons (Fsp3) is 0.531. The average molecular weight is 593 g/mol. The molecule has 1 fully saturated rings. The maximum Gasteiger partial charge on any atom is 0.325 e. The number of carbonyl (C=O) groups is 4. The molecule has 4 atom stereocenters. The topological polar surface area (TPSA) is 133 Å². The second-order valence-corrected chi connectivity index (χ2v) is 11.8. The number of pyridine rings is 1. The number of benzene rings is 1. The molecular weight excluding hydrogens is 548 g/mol. The van der Waals surface area contributed by atoms with Crippen LogP contribution in [-0.4, -0.2) is 83.4 Å². The van der Waals surface area contributed by atoms with E-state index in [9.17, 15) is 19.2 Å². The van der Waals surface area contributed by atoms with Crippen LogP contribution in [0.5, 0.6) is 0 Å². The van der Waals surface area contributed by atoms with Crippen LogP contribution in [0, 0.1) is 5.92 Å². The number of carbonyl (C=O) groups excluding carboxylic acids is 4. The molecule has 0 saturated carbocycles. The molecule has 0 unspecified atom stereocenters. The number of hydrazine groups is 1. The summed E-state index contributed by atoms with van der Waals surface area (Å²) in [7, 11) is 1.96. The second kappa shape index (κ2) is 14.6. The first kappa shape index (κ1) is 32.1. The molecular formula is C32H44N6O5. The van der Waals surface area contributed by atoms with Gasteiger partial charge in [-0.05, 0) is 63.8 Å². The first-order chi connectivity index (χ1) is 20.5. The lowest BCUT2D eigenvalue weighted by Gasteiger charge is -2.35. The van der Waals surface area contributed by atoms with Gasteiger partial charge in [-0.25, -0.2) is 10.4 Å². The largest absolute Gasteiger partial charge is 0.455 e. The Hall–Kier alpha value is -3.83. The third-order valence-electron chi connectivity index (χ3n) is 7.89. The highest BCUT2D eigenvalue weighted by molar-refractivity contribution is 5.92. The number of rotatable bonds is 1. The first-order valence-electron chi connectivity index (χ1n) is 15.2. The van der Waals surface area contributed by atoms with Gasteiger partial charge in [-0.3, -0.25) is 24.2 Å². The third-order valence-corrected chi connectivity index (χ3v) is 7.89. The van der Waals surface area contributed by atoms with Crippen molar-refractivity contribution in [1.82, 2.24) is 31.0 Å². The summed E-state index contributed by atoms with van der Waals surface area (Å²) in [6, 6.07) is 7.52. The summed E-state index contributed by atoms with van der Waals surface area (Å²) >= 11 is 0. The van der Waals surface area contributed by atoms with Crippen molar-refractivity contribution in [1.29, 1.82) is 0 Å². The lowest BCUT2D eigenvalue weighted by Crippen LogP contribution is -2.61. The lowest BCUT2D eigenvalue weighted by atomic mass is 10.0. The Morgan fingerprint density at radius 3 is 2.53 bits per heavy atom. The van der Waals surface area contributed by atoms with Crippen LogP contribution in [0.2, 0.25) is 0 Å². The van der Waals surface area contributed by atoms with Crippen molar-refractivity contribution in [2.45, 2.75) is 77.6 Å². The molecule has 11 heteroatoms. The zero-order valence-electron chi connectivity index (χ0n) is 25.8. The van der Waals surface area contributed by atoms with Crippen molar-refractivity contribution in [3.8, 4) is 0 Å². The Bertz CT molecular complexity index is 1360. The number of hydrogen-bond donors (Lipinski definition) is 3. The Labute approximate surface area is 253 Å². The van der Waals surface area contributed by atoms with Crippen molar-refractivity contribution in [2.75, 3.05) is 26.7 Å². The number of nitrogens with one attached hydrogen (secondary N) is 3. The number of esters is 1. The summed E-state index contributed by atoms with van der Waals surface area (Å²) in [6.07, 6.45) is 5.70. The van der Waals surface area contributed by atoms with Crippen LogP contribution in [0.4, 0.5) is 0 Å². The number of amides is 3. The fourth-order valence-electron chi connectivity index (χ4n) is 5.21. The number of nitrogens with zero attached hydrogens (tertiary/aromatic N) is 3. The Balaban J connectivity index is 1.55. The molecule has 43 heavy (non-hydrogen) atoms. The molecule has 3 amide bonds. The monoisotopic (exact) mass is 592 g/mol. The molecule has 3 N–H and O–H groups in total. The van der Waals surface area contributed by atoms with Crippen LogP contribution >= 0.6 is 0 Å². The summed E-state index contributed by atoms with van der Waals surface area (Å²) in [6.45, 7) is 8.77. The molecule has 1 aromatic carbocycles. The third kappa shape index (κ3) is 8.61. The molecule has 2 aromatic rings. The highest BCUT2D eigenvalue weighted by atomic mass is 16.5. The van der Waals surface area contributed by atoms with E-state index in [1.54, 1.807) is 13.8 Å². The average Bonchev–Trinajstić information content (AvgIpc) is 2.99. The van der Waals surface area contributed by atoms with Gasteiger partial charge < -0.3 is 20.3 Å². The molecule has 5 bridgehead atoms. The van der Waals surface area contributed by atoms with Gasteiger partial charge in [0.15, 0.2) is 0 Å². The number of cyclic esters (lactones) is 1. The maximum atomic E-state index is 13.2. The van der Waals surface area contributed by atoms with E-state index >= 15 is 0 Å². The van der Waals surface area contributed by atoms with E-state index in [0.717, 1.165) is 29.4 Å². The summed E-state index contributed by atoms with van der Waals surface area (Å²) in [5, 5.41) is 7.94. The predicted molar refractivity (Wildman–Crippen MR) is 164 cm³/mol. The van der Waals surface area contributed by atoms with Gasteiger partial charge in [-0.15, -0.1) is 0 Å². The van der Waals surface area contributed by atoms with Crippen LogP contribution in [0.3, 0.4) is 0 Å². The Morgan fingerprint density at radius 1 is 1.00 bits per heavy atom. The molecule has 2 aliphatic heterocycles. The van der Waals surface area contributed by atoms with Gasteiger partial charge in [0.1, 0.15) is 24.2 Å². The van der Waals surface area contributed by atoms with Gasteiger partial charge in [0.05, 0.1) is 11.2 Å². The standard InChI is InChI=1S/C32H44N6O5/c1-20(2)29-30(40)33-21(3)31(41)38-17-8-10-26(36-38)32(42)43-22(4)25-14-13-24-12-11-23(19-27(24)34-25)9-6-7-16-37(5)18-15-28(39)35-29/h6,9,11-14,19-22,26,29,36H,7-8,10,15-18H2,1-5H3,(H,33,40)(H,35,39)/b9-6+/t21-,22+,26-,29-/m0/s1. The quantitative estimate of drug-likeness (QED) is 0.431. The minimum atomic E-state index is -0.868. The smallest absolute Gasteiger partial charge is 0.325 e. The summed E-state index contributed by atoms with van der Waals surface area (Å²) in [4.78, 5) is 59.1. The van der Waals surface area contributed by atoms with Crippen LogP contribution in [-0.2, 0) is 23.9 Å². The van der Waals surface area contributed by atoms with Crippen LogP contribution in [0.25, 0.3) is 17.0 Å². The zero-order valence-corrected chi connectivity index (χ0v) is 25.8. The van der Waals surface area contributed by atoms with Gasteiger partial charge in [0.25, 0.3) is 5.91 Å². The number of aromatic nitrogens is 1. The predicted octanol–water partition coefficient (Wildman–Crippen LogP) is 2.72. The highest BCUT2D eigenvalue weighted by Crippen LogP contribution is 2.22. The summed E-state index contributed by atoms with van der Waals surface area (Å²) in [5.41, 5.74) is 5.44. The van der Waals surface area contributed by atoms with Gasteiger partial charge in [0, 0.05) is 31.4 Å². The van der Waals surface area contributed by atoms with Crippen LogP contribution < -0.4 is 16.1 Å². The van der Waals surface area contributed by atoms with Crippen molar-refractivity contribution >= 4 is 40.7 Å². The maximum absolute atomic E-state index is 13.2. The Kier molecular flexibility index (Phi) is 10.9. The van der Waals surface area contributed by atoms with Crippen LogP contribution in [0.15, 0.2) is 36.4 Å². The SMILES string of the molecule is CC(C)[C@@H]1NC(=O)CCN(C)CC/C=C/c2ccc3ccc(nc3c2)[C@@H](C)OC(=O)[C@@H]2CCCN(N2)C(=O)[C@H](C)NC1=O. The molecule has 11 nitrogen and oxygen atoms in total. The molecule has 2 aliphatic rings. The van der Waals surface area contributed by atoms with Crippen molar-refractivity contribution in [3.63, 3.8) is 0 Å².